The van der Waals surface area contributed by atoms with E-state index < -0.39 is 17.2 Å². The minimum atomic E-state index is -0.664. The van der Waals surface area contributed by atoms with E-state index in [-0.39, 0.29) is 19.0 Å². The van der Waals surface area contributed by atoms with Gasteiger partial charge in [-0.25, -0.2) is 8.78 Å². The fraction of sp³-hybridized carbons (Fsp3) is 0.600. The van der Waals surface area contributed by atoms with Crippen molar-refractivity contribution in [1.82, 2.24) is 5.32 Å². The molecule has 1 fully saturated rings. The van der Waals surface area contributed by atoms with Crippen molar-refractivity contribution in [3.8, 4) is 5.75 Å². The lowest BCUT2D eigenvalue weighted by molar-refractivity contribution is 0.0848. The Labute approximate surface area is 117 Å². The number of benzene rings is 1. The Morgan fingerprint density at radius 1 is 1.30 bits per heavy atom. The zero-order valence-corrected chi connectivity index (χ0v) is 11.7. The highest BCUT2D eigenvalue weighted by molar-refractivity contribution is 5.24. The van der Waals surface area contributed by atoms with Crippen LogP contribution in [0, 0.1) is 17.6 Å². The van der Waals surface area contributed by atoms with Gasteiger partial charge in [0.05, 0.1) is 12.1 Å². The fourth-order valence-corrected chi connectivity index (χ4v) is 2.38. The highest BCUT2D eigenvalue weighted by Gasteiger charge is 2.45. The lowest BCUT2D eigenvalue weighted by Crippen LogP contribution is -2.55. The molecule has 5 heteroatoms. The van der Waals surface area contributed by atoms with Crippen LogP contribution in [0.1, 0.15) is 26.2 Å². The Morgan fingerprint density at radius 3 is 2.45 bits per heavy atom. The van der Waals surface area contributed by atoms with Gasteiger partial charge < -0.3 is 15.2 Å². The molecule has 112 valence electrons. The molecule has 2 N–H and O–H groups in total. The average Bonchev–Trinajstić information content (AvgIpc) is 3.23. The molecule has 1 atom stereocenters. The molecule has 0 radical (unpaired) electrons. The number of halogens is 2. The smallest absolute Gasteiger partial charge is 0.129 e. The lowest BCUT2D eigenvalue weighted by Gasteiger charge is -2.33. The second-order valence-electron chi connectivity index (χ2n) is 5.41. The minimum Gasteiger partial charge on any atom is -0.491 e. The predicted octanol–water partition coefficient (Wildman–Crippen LogP) is 2.48. The molecular formula is C15H21F2NO2. The molecule has 0 spiro atoms. The van der Waals surface area contributed by atoms with Gasteiger partial charge in [-0.1, -0.05) is 6.92 Å². The number of ether oxygens (including phenoxy) is 1. The summed E-state index contributed by atoms with van der Waals surface area (Å²) in [6, 6.07) is 3.11. The van der Waals surface area contributed by atoms with Crippen LogP contribution in [-0.2, 0) is 0 Å². The number of hydrogen-bond donors (Lipinski definition) is 2. The molecule has 2 rings (SSSR count). The van der Waals surface area contributed by atoms with Crippen LogP contribution < -0.4 is 10.1 Å². The second-order valence-corrected chi connectivity index (χ2v) is 5.41. The maximum absolute atomic E-state index is 13.1. The van der Waals surface area contributed by atoms with Crippen LogP contribution in [0.3, 0.4) is 0 Å². The van der Waals surface area contributed by atoms with E-state index in [9.17, 15) is 13.9 Å². The third-order valence-electron chi connectivity index (χ3n) is 3.70. The van der Waals surface area contributed by atoms with Crippen molar-refractivity contribution in [1.29, 1.82) is 0 Å². The quantitative estimate of drug-likeness (QED) is 0.771. The topological polar surface area (TPSA) is 41.5 Å². The zero-order chi connectivity index (χ0) is 14.6. The fourth-order valence-electron chi connectivity index (χ4n) is 2.38. The molecule has 0 amide bonds. The summed E-state index contributed by atoms with van der Waals surface area (Å²) in [5.74, 6) is -0.818. The van der Waals surface area contributed by atoms with Gasteiger partial charge in [-0.05, 0) is 31.7 Å². The van der Waals surface area contributed by atoms with E-state index in [1.165, 1.54) is 0 Å². The van der Waals surface area contributed by atoms with Crippen molar-refractivity contribution in [2.75, 3.05) is 19.8 Å². The van der Waals surface area contributed by atoms with Crippen molar-refractivity contribution in [2.24, 2.45) is 5.92 Å². The number of hydrogen-bond acceptors (Lipinski definition) is 3. The highest BCUT2D eigenvalue weighted by atomic mass is 19.1. The van der Waals surface area contributed by atoms with Gasteiger partial charge in [0, 0.05) is 18.2 Å². The Morgan fingerprint density at radius 2 is 1.95 bits per heavy atom. The van der Waals surface area contributed by atoms with E-state index >= 15 is 0 Å². The standard InChI is InChI=1S/C15H21F2NO2/c1-2-5-18-15(9-19,11-3-4-11)10-20-14-7-12(16)6-13(17)8-14/h6-8,11,18-19H,2-5,9-10H2,1H3. The van der Waals surface area contributed by atoms with E-state index in [1.807, 2.05) is 6.92 Å². The number of aliphatic hydroxyl groups excluding tert-OH is 1. The molecule has 1 aromatic rings. The van der Waals surface area contributed by atoms with Crippen LogP contribution in [0.25, 0.3) is 0 Å². The normalized spacial score (nSPS) is 17.8. The largest absolute Gasteiger partial charge is 0.491 e. The van der Waals surface area contributed by atoms with Gasteiger partial charge >= 0.3 is 0 Å². The second kappa shape index (κ2) is 6.50. The first-order valence-corrected chi connectivity index (χ1v) is 7.04. The molecule has 20 heavy (non-hydrogen) atoms. The Kier molecular flexibility index (Phi) is 4.94. The molecule has 1 unspecified atom stereocenters. The maximum atomic E-state index is 13.1. The molecule has 0 aliphatic heterocycles. The summed E-state index contributed by atoms with van der Waals surface area (Å²) in [6.45, 7) is 2.98. The van der Waals surface area contributed by atoms with E-state index in [4.69, 9.17) is 4.74 Å². The van der Waals surface area contributed by atoms with Gasteiger partial charge in [0.25, 0.3) is 0 Å². The summed E-state index contributed by atoms with van der Waals surface area (Å²) < 4.78 is 31.8. The van der Waals surface area contributed by atoms with Crippen LogP contribution in [0.2, 0.25) is 0 Å². The van der Waals surface area contributed by atoms with Gasteiger partial charge in [-0.2, -0.15) is 0 Å². The van der Waals surface area contributed by atoms with Crippen molar-refractivity contribution < 1.29 is 18.6 Å². The molecule has 1 aliphatic carbocycles. The Hall–Kier alpha value is -1.20. The molecule has 0 heterocycles. The van der Waals surface area contributed by atoms with E-state index in [0.29, 0.717) is 5.92 Å². The Balaban J connectivity index is 2.04. The summed E-state index contributed by atoms with van der Waals surface area (Å²) in [5, 5.41) is 13.0. The highest BCUT2D eigenvalue weighted by Crippen LogP contribution is 2.40. The Bertz CT molecular complexity index is 431. The van der Waals surface area contributed by atoms with Crippen LogP contribution in [0.4, 0.5) is 8.78 Å². The first kappa shape index (κ1) is 15.2. The summed E-state index contributed by atoms with van der Waals surface area (Å²) >= 11 is 0. The molecular weight excluding hydrogens is 264 g/mol. The molecule has 0 saturated heterocycles. The van der Waals surface area contributed by atoms with E-state index in [1.54, 1.807) is 0 Å². The third-order valence-corrected chi connectivity index (χ3v) is 3.70. The number of rotatable bonds is 8. The van der Waals surface area contributed by atoms with Crippen molar-refractivity contribution in [3.63, 3.8) is 0 Å². The van der Waals surface area contributed by atoms with E-state index in [0.717, 1.165) is 44.0 Å². The lowest BCUT2D eigenvalue weighted by atomic mass is 9.95. The minimum absolute atomic E-state index is 0.0462. The zero-order valence-electron chi connectivity index (χ0n) is 11.7. The van der Waals surface area contributed by atoms with Crippen molar-refractivity contribution in [2.45, 2.75) is 31.7 Å². The number of nitrogens with one attached hydrogen (secondary N) is 1. The van der Waals surface area contributed by atoms with Crippen LogP contribution in [0.5, 0.6) is 5.75 Å². The first-order valence-electron chi connectivity index (χ1n) is 7.04. The summed E-state index contributed by atoms with van der Waals surface area (Å²) in [6.07, 6.45) is 3.03. The summed E-state index contributed by atoms with van der Waals surface area (Å²) in [7, 11) is 0. The van der Waals surface area contributed by atoms with Gasteiger partial charge in [0.15, 0.2) is 0 Å². The molecule has 1 saturated carbocycles. The third kappa shape index (κ3) is 3.67. The van der Waals surface area contributed by atoms with Gasteiger partial charge in [0.1, 0.15) is 24.0 Å². The molecule has 0 aromatic heterocycles. The molecule has 1 aliphatic rings. The van der Waals surface area contributed by atoms with Crippen LogP contribution in [-0.4, -0.2) is 30.4 Å². The van der Waals surface area contributed by atoms with Crippen LogP contribution in [0.15, 0.2) is 18.2 Å². The van der Waals surface area contributed by atoms with Crippen molar-refractivity contribution >= 4 is 0 Å². The van der Waals surface area contributed by atoms with Gasteiger partial charge in [-0.3, -0.25) is 0 Å². The van der Waals surface area contributed by atoms with Crippen LogP contribution >= 0.6 is 0 Å². The summed E-state index contributed by atoms with van der Waals surface area (Å²) in [4.78, 5) is 0. The monoisotopic (exact) mass is 285 g/mol. The SMILES string of the molecule is CCCNC(CO)(COc1cc(F)cc(F)c1)C1CC1. The number of aliphatic hydroxyl groups is 1. The van der Waals surface area contributed by atoms with Gasteiger partial charge in [0.2, 0.25) is 0 Å². The van der Waals surface area contributed by atoms with E-state index in [2.05, 4.69) is 5.32 Å². The predicted molar refractivity (Wildman–Crippen MR) is 72.7 cm³/mol. The van der Waals surface area contributed by atoms with Gasteiger partial charge in [-0.15, -0.1) is 0 Å². The first-order chi connectivity index (χ1) is 9.59. The van der Waals surface area contributed by atoms with Crippen molar-refractivity contribution in [3.05, 3.63) is 29.8 Å². The molecule has 1 aromatic carbocycles. The molecule has 0 bridgehead atoms. The maximum Gasteiger partial charge on any atom is 0.129 e. The summed E-state index contributed by atoms with van der Waals surface area (Å²) in [5.41, 5.74) is -0.515. The average molecular weight is 285 g/mol. The molecule has 3 nitrogen and oxygen atoms in total.